The molecule has 0 aliphatic carbocycles. The number of fused-ring (bicyclic) bond motifs is 1. The monoisotopic (exact) mass is 272 g/mol. The number of nitro groups is 1. The van der Waals surface area contributed by atoms with E-state index in [-0.39, 0.29) is 5.69 Å². The van der Waals surface area contributed by atoms with Gasteiger partial charge in [0.15, 0.2) is 10.2 Å². The maximum atomic E-state index is 10.9. The van der Waals surface area contributed by atoms with E-state index in [1.807, 2.05) is 28.8 Å². The van der Waals surface area contributed by atoms with Crippen LogP contribution >= 0.6 is 11.8 Å². The van der Waals surface area contributed by atoms with Crippen molar-refractivity contribution in [1.82, 2.24) is 14.4 Å². The first-order valence-electron chi connectivity index (χ1n) is 5.45. The summed E-state index contributed by atoms with van der Waals surface area (Å²) in [7, 11) is 0. The van der Waals surface area contributed by atoms with E-state index >= 15 is 0 Å². The maximum absolute atomic E-state index is 10.9. The van der Waals surface area contributed by atoms with Crippen molar-refractivity contribution >= 4 is 23.0 Å². The van der Waals surface area contributed by atoms with Gasteiger partial charge in [0, 0.05) is 18.5 Å². The molecule has 0 aromatic carbocycles. The number of hydrogen-bond donors (Lipinski definition) is 0. The molecule has 0 N–H and O–H groups in total. The van der Waals surface area contributed by atoms with Crippen LogP contribution < -0.4 is 0 Å². The van der Waals surface area contributed by atoms with E-state index in [0.29, 0.717) is 10.2 Å². The van der Waals surface area contributed by atoms with Crippen LogP contribution in [0.1, 0.15) is 0 Å². The van der Waals surface area contributed by atoms with Crippen molar-refractivity contribution in [3.05, 3.63) is 59.0 Å². The fourth-order valence-corrected chi connectivity index (χ4v) is 2.58. The van der Waals surface area contributed by atoms with Crippen LogP contribution in [0.15, 0.2) is 59.1 Å². The van der Waals surface area contributed by atoms with E-state index in [2.05, 4.69) is 9.97 Å². The molecule has 3 aromatic heterocycles. The second-order valence-corrected chi connectivity index (χ2v) is 4.68. The Balaban J connectivity index is 2.04. The standard InChI is InChI=1S/C12H8N4O2S/c17-16(18)10-5-3-6-13-11(10)19-12-14-8-9-4-1-2-7-15(9)12/h1-8H. The van der Waals surface area contributed by atoms with Gasteiger partial charge in [0.25, 0.3) is 0 Å². The van der Waals surface area contributed by atoms with Crippen LogP contribution in [0.25, 0.3) is 5.52 Å². The molecular formula is C12H8N4O2S. The van der Waals surface area contributed by atoms with Crippen molar-refractivity contribution in [2.75, 3.05) is 0 Å². The highest BCUT2D eigenvalue weighted by atomic mass is 32.2. The fraction of sp³-hybridized carbons (Fsp3) is 0. The normalized spacial score (nSPS) is 10.7. The molecule has 0 fully saturated rings. The molecule has 0 aliphatic heterocycles. The Morgan fingerprint density at radius 2 is 2.11 bits per heavy atom. The molecule has 19 heavy (non-hydrogen) atoms. The third-order valence-corrected chi connectivity index (χ3v) is 3.53. The van der Waals surface area contributed by atoms with E-state index in [4.69, 9.17) is 0 Å². The van der Waals surface area contributed by atoms with Gasteiger partial charge in [-0.2, -0.15) is 0 Å². The second kappa shape index (κ2) is 4.69. The molecule has 0 unspecified atom stereocenters. The number of hydrogen-bond acceptors (Lipinski definition) is 5. The summed E-state index contributed by atoms with van der Waals surface area (Å²) in [5.41, 5.74) is 0.920. The van der Waals surface area contributed by atoms with Crippen LogP contribution in [-0.4, -0.2) is 19.3 Å². The lowest BCUT2D eigenvalue weighted by Gasteiger charge is -2.01. The number of nitrogens with zero attached hydrogens (tertiary/aromatic N) is 4. The fourth-order valence-electron chi connectivity index (χ4n) is 1.68. The summed E-state index contributed by atoms with van der Waals surface area (Å²) in [6.07, 6.45) is 5.11. The maximum Gasteiger partial charge on any atom is 0.301 e. The van der Waals surface area contributed by atoms with Gasteiger partial charge >= 0.3 is 5.69 Å². The highest BCUT2D eigenvalue weighted by Crippen LogP contribution is 2.31. The first kappa shape index (κ1) is 11.7. The highest BCUT2D eigenvalue weighted by Gasteiger charge is 2.17. The number of rotatable bonds is 3. The molecule has 0 aliphatic rings. The second-order valence-electron chi connectivity index (χ2n) is 3.72. The van der Waals surface area contributed by atoms with Crippen molar-refractivity contribution in [2.45, 2.75) is 10.2 Å². The molecule has 7 heteroatoms. The van der Waals surface area contributed by atoms with Gasteiger partial charge in [0.1, 0.15) is 0 Å². The zero-order valence-corrected chi connectivity index (χ0v) is 10.4. The summed E-state index contributed by atoms with van der Waals surface area (Å²) >= 11 is 1.18. The van der Waals surface area contributed by atoms with E-state index in [1.165, 1.54) is 24.0 Å². The lowest BCUT2D eigenvalue weighted by Crippen LogP contribution is -1.94. The minimum atomic E-state index is -0.439. The van der Waals surface area contributed by atoms with Gasteiger partial charge in [-0.05, 0) is 30.0 Å². The van der Waals surface area contributed by atoms with Gasteiger partial charge < -0.3 is 0 Å². The van der Waals surface area contributed by atoms with Crippen molar-refractivity contribution < 1.29 is 4.92 Å². The minimum Gasteiger partial charge on any atom is -0.295 e. The van der Waals surface area contributed by atoms with Crippen molar-refractivity contribution in [1.29, 1.82) is 0 Å². The number of aromatic nitrogens is 3. The first-order chi connectivity index (χ1) is 9.25. The van der Waals surface area contributed by atoms with Crippen LogP contribution in [0.2, 0.25) is 0 Å². The average Bonchev–Trinajstić information content (AvgIpc) is 2.83. The summed E-state index contributed by atoms with van der Waals surface area (Å²) in [4.78, 5) is 18.8. The van der Waals surface area contributed by atoms with Gasteiger partial charge in [-0.1, -0.05) is 6.07 Å². The van der Waals surface area contributed by atoms with Crippen LogP contribution in [0.5, 0.6) is 0 Å². The highest BCUT2D eigenvalue weighted by molar-refractivity contribution is 7.99. The van der Waals surface area contributed by atoms with E-state index < -0.39 is 4.92 Å². The van der Waals surface area contributed by atoms with Crippen LogP contribution in [-0.2, 0) is 0 Å². The summed E-state index contributed by atoms with van der Waals surface area (Å²) < 4.78 is 1.86. The Hall–Kier alpha value is -2.41. The third-order valence-electron chi connectivity index (χ3n) is 2.54. The Bertz CT molecular complexity index is 756. The van der Waals surface area contributed by atoms with E-state index in [1.54, 1.807) is 12.3 Å². The lowest BCUT2D eigenvalue weighted by molar-refractivity contribution is -0.388. The average molecular weight is 272 g/mol. The smallest absolute Gasteiger partial charge is 0.295 e. The van der Waals surface area contributed by atoms with Crippen molar-refractivity contribution in [3.63, 3.8) is 0 Å². The summed E-state index contributed by atoms with van der Waals surface area (Å²) in [5.74, 6) is 0. The molecule has 6 nitrogen and oxygen atoms in total. The Morgan fingerprint density at radius 3 is 2.95 bits per heavy atom. The molecule has 0 atom stereocenters. The van der Waals surface area contributed by atoms with Gasteiger partial charge in [-0.25, -0.2) is 9.97 Å². The molecule has 3 rings (SSSR count). The molecular weight excluding hydrogens is 264 g/mol. The van der Waals surface area contributed by atoms with Crippen molar-refractivity contribution in [2.24, 2.45) is 0 Å². The van der Waals surface area contributed by atoms with E-state index in [9.17, 15) is 10.1 Å². The van der Waals surface area contributed by atoms with Crippen LogP contribution in [0.4, 0.5) is 5.69 Å². The molecule has 94 valence electrons. The molecule has 0 saturated heterocycles. The van der Waals surface area contributed by atoms with Gasteiger partial charge in [0.05, 0.1) is 16.6 Å². The molecule has 3 aromatic rings. The molecule has 3 heterocycles. The minimum absolute atomic E-state index is 0.0137. The number of imidazole rings is 1. The van der Waals surface area contributed by atoms with Crippen LogP contribution in [0, 0.1) is 10.1 Å². The Morgan fingerprint density at radius 1 is 1.21 bits per heavy atom. The first-order valence-corrected chi connectivity index (χ1v) is 6.27. The summed E-state index contributed by atoms with van der Waals surface area (Å²) in [5, 5.41) is 11.9. The van der Waals surface area contributed by atoms with Gasteiger partial charge in [-0.3, -0.25) is 14.5 Å². The predicted octanol–water partition coefficient (Wildman–Crippen LogP) is 2.79. The largest absolute Gasteiger partial charge is 0.301 e. The Kier molecular flexibility index (Phi) is 2.88. The lowest BCUT2D eigenvalue weighted by atomic mass is 10.4. The zero-order valence-electron chi connectivity index (χ0n) is 9.63. The molecule has 0 amide bonds. The summed E-state index contributed by atoms with van der Waals surface area (Å²) in [6.45, 7) is 0. The molecule has 0 saturated carbocycles. The quantitative estimate of drug-likeness (QED) is 0.541. The van der Waals surface area contributed by atoms with E-state index in [0.717, 1.165) is 5.52 Å². The number of pyridine rings is 2. The Labute approximate surface area is 112 Å². The molecule has 0 spiro atoms. The zero-order chi connectivity index (χ0) is 13.2. The SMILES string of the molecule is O=[N+]([O-])c1cccnc1Sc1ncc2ccccn12. The third kappa shape index (κ3) is 2.15. The van der Waals surface area contributed by atoms with Crippen molar-refractivity contribution in [3.8, 4) is 0 Å². The predicted molar refractivity (Wildman–Crippen MR) is 70.2 cm³/mol. The molecule has 0 radical (unpaired) electrons. The topological polar surface area (TPSA) is 73.3 Å². The van der Waals surface area contributed by atoms with Crippen LogP contribution in [0.3, 0.4) is 0 Å². The van der Waals surface area contributed by atoms with Gasteiger partial charge in [0.2, 0.25) is 0 Å². The summed E-state index contributed by atoms with van der Waals surface area (Å²) in [6, 6.07) is 8.70. The molecule has 0 bridgehead atoms. The van der Waals surface area contributed by atoms with Gasteiger partial charge in [-0.15, -0.1) is 0 Å².